The summed E-state index contributed by atoms with van der Waals surface area (Å²) in [4.78, 5) is 14.6. The average molecular weight is 556 g/mol. The number of carbonyl (C=O) groups is 1. The van der Waals surface area contributed by atoms with Crippen molar-refractivity contribution in [3.05, 3.63) is 83.2 Å². The highest BCUT2D eigenvalue weighted by molar-refractivity contribution is 5.78. The second-order valence-corrected chi connectivity index (χ2v) is 9.79. The van der Waals surface area contributed by atoms with Gasteiger partial charge in [0.2, 0.25) is 5.91 Å². The van der Waals surface area contributed by atoms with Crippen molar-refractivity contribution in [3.63, 3.8) is 0 Å². The van der Waals surface area contributed by atoms with E-state index in [-0.39, 0.29) is 36.5 Å². The van der Waals surface area contributed by atoms with E-state index in [2.05, 4.69) is 10.2 Å². The van der Waals surface area contributed by atoms with Gasteiger partial charge in [0.25, 0.3) is 0 Å². The number of carbonyl (C=O) groups excluding carboxylic acids is 1. The molecule has 0 spiro atoms. The van der Waals surface area contributed by atoms with Gasteiger partial charge in [-0.3, -0.25) is 4.79 Å². The third-order valence-electron chi connectivity index (χ3n) is 7.41. The number of ether oxygens (including phenoxy) is 1. The quantitative estimate of drug-likeness (QED) is 0.366. The molecule has 0 N–H and O–H groups in total. The van der Waals surface area contributed by atoms with Crippen molar-refractivity contribution in [2.24, 2.45) is 0 Å². The SMILES string of the molecule is CC(O[C@H]1CN2C(=O)CCC(n3cnnc3)C2C1c1ccc(F)cc1)c1cc(C(F)(F)F)cc(C(F)(F)F)c1. The molecule has 4 unspecified atom stereocenters. The molecule has 13 heteroatoms. The molecule has 0 radical (unpaired) electrons. The van der Waals surface area contributed by atoms with E-state index in [0.29, 0.717) is 24.1 Å². The van der Waals surface area contributed by atoms with Gasteiger partial charge in [-0.05, 0) is 54.8 Å². The first-order chi connectivity index (χ1) is 18.3. The maximum atomic E-state index is 13.8. The molecule has 208 valence electrons. The number of halogens is 7. The van der Waals surface area contributed by atoms with Crippen LogP contribution in [0.5, 0.6) is 0 Å². The number of hydrogen-bond donors (Lipinski definition) is 0. The molecule has 39 heavy (non-hydrogen) atoms. The molecule has 6 nitrogen and oxygen atoms in total. The number of hydrogen-bond acceptors (Lipinski definition) is 4. The summed E-state index contributed by atoms with van der Waals surface area (Å²) in [5.74, 6) is -1.20. The molecule has 0 aliphatic carbocycles. The van der Waals surface area contributed by atoms with Crippen molar-refractivity contribution < 1.29 is 40.3 Å². The monoisotopic (exact) mass is 556 g/mol. The molecule has 0 saturated carbocycles. The van der Waals surface area contributed by atoms with Crippen LogP contribution in [0.1, 0.15) is 60.1 Å². The van der Waals surface area contributed by atoms with E-state index in [0.717, 1.165) is 0 Å². The van der Waals surface area contributed by atoms with Crippen molar-refractivity contribution in [1.29, 1.82) is 0 Å². The number of aromatic nitrogens is 3. The van der Waals surface area contributed by atoms with Gasteiger partial charge in [-0.25, -0.2) is 4.39 Å². The third kappa shape index (κ3) is 5.36. The number of benzene rings is 2. The smallest absolute Gasteiger partial charge is 0.368 e. The third-order valence-corrected chi connectivity index (χ3v) is 7.41. The van der Waals surface area contributed by atoms with E-state index in [1.807, 2.05) is 0 Å². The van der Waals surface area contributed by atoms with Gasteiger partial charge in [0.15, 0.2) is 0 Å². The molecular weight excluding hydrogens is 533 g/mol. The Hall–Kier alpha value is -3.48. The van der Waals surface area contributed by atoms with Crippen LogP contribution in [0, 0.1) is 5.82 Å². The Bertz CT molecular complexity index is 1290. The predicted octanol–water partition coefficient (Wildman–Crippen LogP) is 5.93. The van der Waals surface area contributed by atoms with Crippen LogP contribution < -0.4 is 0 Å². The Morgan fingerprint density at radius 2 is 1.54 bits per heavy atom. The highest BCUT2D eigenvalue weighted by atomic mass is 19.4. The number of nitrogens with zero attached hydrogens (tertiary/aromatic N) is 4. The number of alkyl halides is 6. The molecular formula is C26H23F7N4O2. The number of rotatable bonds is 5. The molecule has 2 saturated heterocycles. The lowest BCUT2D eigenvalue weighted by atomic mass is 9.82. The maximum absolute atomic E-state index is 13.8. The summed E-state index contributed by atoms with van der Waals surface area (Å²) in [6.07, 6.45) is -8.29. The van der Waals surface area contributed by atoms with E-state index in [9.17, 15) is 35.5 Å². The lowest BCUT2D eigenvalue weighted by Crippen LogP contribution is -2.47. The van der Waals surface area contributed by atoms with E-state index < -0.39 is 53.5 Å². The molecule has 1 amide bonds. The zero-order chi connectivity index (χ0) is 28.1. The van der Waals surface area contributed by atoms with Crippen LogP contribution in [-0.4, -0.2) is 44.3 Å². The highest BCUT2D eigenvalue weighted by Gasteiger charge is 2.52. The molecule has 5 atom stereocenters. The standard InChI is InChI=1S/C26H23F7N4O2/c1-14(16-8-17(25(28,29)30)10-18(9-16)26(31,32)33)39-21-11-37-22(38)7-6-20(36-12-34-35-13-36)24(37)23(21)15-2-4-19(27)5-3-15/h2-5,8-10,12-14,20-21,23-24H,6-7,11H2,1H3/t14?,20?,21-,23?,24?/m0/s1. The van der Waals surface area contributed by atoms with Crippen molar-refractivity contribution in [2.75, 3.05) is 6.54 Å². The Morgan fingerprint density at radius 3 is 2.10 bits per heavy atom. The fraction of sp³-hybridized carbons (Fsp3) is 0.423. The lowest BCUT2D eigenvalue weighted by molar-refractivity contribution is -0.143. The van der Waals surface area contributed by atoms with Crippen LogP contribution >= 0.6 is 0 Å². The van der Waals surface area contributed by atoms with Gasteiger partial charge < -0.3 is 14.2 Å². The molecule has 3 aromatic rings. The van der Waals surface area contributed by atoms with E-state index in [1.165, 1.54) is 31.7 Å². The number of amides is 1. The summed E-state index contributed by atoms with van der Waals surface area (Å²) >= 11 is 0. The van der Waals surface area contributed by atoms with Crippen LogP contribution in [0.25, 0.3) is 0 Å². The fourth-order valence-electron chi connectivity index (χ4n) is 5.63. The first kappa shape index (κ1) is 27.1. The molecule has 2 aliphatic rings. The topological polar surface area (TPSA) is 60.2 Å². The predicted molar refractivity (Wildman–Crippen MR) is 123 cm³/mol. The minimum atomic E-state index is -5.00. The van der Waals surface area contributed by atoms with Gasteiger partial charge in [-0.15, -0.1) is 10.2 Å². The maximum Gasteiger partial charge on any atom is 0.416 e. The Kier molecular flexibility index (Phi) is 6.90. The van der Waals surface area contributed by atoms with Gasteiger partial charge in [0.1, 0.15) is 18.5 Å². The first-order valence-electron chi connectivity index (χ1n) is 12.2. The zero-order valence-electron chi connectivity index (χ0n) is 20.5. The first-order valence-corrected chi connectivity index (χ1v) is 12.2. The largest absolute Gasteiger partial charge is 0.416 e. The van der Waals surface area contributed by atoms with Gasteiger partial charge in [-0.2, -0.15) is 26.3 Å². The molecule has 5 rings (SSSR count). The van der Waals surface area contributed by atoms with Crippen LogP contribution in [-0.2, 0) is 21.9 Å². The van der Waals surface area contributed by atoms with Crippen LogP contribution in [0.4, 0.5) is 30.7 Å². The highest BCUT2D eigenvalue weighted by Crippen LogP contribution is 2.47. The van der Waals surface area contributed by atoms with Crippen molar-refractivity contribution >= 4 is 5.91 Å². The lowest BCUT2D eigenvalue weighted by Gasteiger charge is -2.39. The molecule has 2 aliphatic heterocycles. The van der Waals surface area contributed by atoms with Gasteiger partial charge in [-0.1, -0.05) is 12.1 Å². The Labute approximate surface area is 218 Å². The van der Waals surface area contributed by atoms with Crippen molar-refractivity contribution in [3.8, 4) is 0 Å². The summed E-state index contributed by atoms with van der Waals surface area (Å²) in [5.41, 5.74) is -2.57. The van der Waals surface area contributed by atoms with Crippen molar-refractivity contribution in [2.45, 2.75) is 62.3 Å². The summed E-state index contributed by atoms with van der Waals surface area (Å²) in [6.45, 7) is 1.42. The molecule has 2 aromatic carbocycles. The van der Waals surface area contributed by atoms with Gasteiger partial charge in [0.05, 0.1) is 35.4 Å². The fourth-order valence-corrected chi connectivity index (χ4v) is 5.63. The normalized spacial score (nSPS) is 24.6. The summed E-state index contributed by atoms with van der Waals surface area (Å²) < 4.78 is 102. The second kappa shape index (κ2) is 9.92. The number of piperidine rings is 1. The second-order valence-electron chi connectivity index (χ2n) is 9.79. The summed E-state index contributed by atoms with van der Waals surface area (Å²) in [7, 11) is 0. The van der Waals surface area contributed by atoms with Crippen LogP contribution in [0.2, 0.25) is 0 Å². The van der Waals surface area contributed by atoms with E-state index >= 15 is 0 Å². The molecule has 0 bridgehead atoms. The van der Waals surface area contributed by atoms with E-state index in [1.54, 1.807) is 21.6 Å². The summed E-state index contributed by atoms with van der Waals surface area (Å²) in [6, 6.07) is 6.16. The van der Waals surface area contributed by atoms with Gasteiger partial charge in [0, 0.05) is 18.9 Å². The minimum Gasteiger partial charge on any atom is -0.368 e. The van der Waals surface area contributed by atoms with Gasteiger partial charge >= 0.3 is 12.4 Å². The molecule has 1 aromatic heterocycles. The Balaban J connectivity index is 1.53. The zero-order valence-corrected chi connectivity index (χ0v) is 20.5. The molecule has 3 heterocycles. The summed E-state index contributed by atoms with van der Waals surface area (Å²) in [5, 5.41) is 7.70. The number of fused-ring (bicyclic) bond motifs is 1. The Morgan fingerprint density at radius 1 is 0.949 bits per heavy atom. The van der Waals surface area contributed by atoms with E-state index in [4.69, 9.17) is 4.74 Å². The van der Waals surface area contributed by atoms with Crippen molar-refractivity contribution in [1.82, 2.24) is 19.7 Å². The average Bonchev–Trinajstić information content (AvgIpc) is 3.53. The minimum absolute atomic E-state index is 0.0552. The van der Waals surface area contributed by atoms with Crippen LogP contribution in [0.15, 0.2) is 55.1 Å². The van der Waals surface area contributed by atoms with Crippen LogP contribution in [0.3, 0.4) is 0 Å². The molecule has 2 fully saturated rings.